The van der Waals surface area contributed by atoms with Crippen LogP contribution in [0.4, 0.5) is 11.4 Å². The highest BCUT2D eigenvalue weighted by atomic mass is 32.2. The van der Waals surface area contributed by atoms with E-state index in [0.717, 1.165) is 50.3 Å². The number of sulfone groups is 1. The number of aryl methyl sites for hydroxylation is 1. The minimum absolute atomic E-state index is 0.266. The second-order valence-corrected chi connectivity index (χ2v) is 8.57. The van der Waals surface area contributed by atoms with Crippen molar-refractivity contribution < 1.29 is 8.42 Å². The highest BCUT2D eigenvalue weighted by Crippen LogP contribution is 2.34. The van der Waals surface area contributed by atoms with Gasteiger partial charge in [-0.25, -0.2) is 8.42 Å². The molecular formula is C20H27N3O2S. The van der Waals surface area contributed by atoms with Crippen molar-refractivity contribution in [2.24, 2.45) is 0 Å². The molecule has 0 aliphatic carbocycles. The highest BCUT2D eigenvalue weighted by molar-refractivity contribution is 7.91. The topological polar surface area (TPSA) is 75.4 Å². The Bertz CT molecular complexity index is 843. The maximum absolute atomic E-state index is 13.2. The third-order valence-electron chi connectivity index (χ3n) is 4.73. The Balaban J connectivity index is 2.08. The normalized spacial score (nSPS) is 15.7. The van der Waals surface area contributed by atoms with Gasteiger partial charge in [0.2, 0.25) is 9.84 Å². The number of hydrogen-bond donors (Lipinski definition) is 2. The van der Waals surface area contributed by atoms with Gasteiger partial charge in [-0.2, -0.15) is 0 Å². The molecule has 0 aromatic heterocycles. The highest BCUT2D eigenvalue weighted by Gasteiger charge is 2.25. The Morgan fingerprint density at radius 3 is 2.62 bits per heavy atom. The zero-order valence-electron chi connectivity index (χ0n) is 15.2. The van der Waals surface area contributed by atoms with Crippen LogP contribution in [0.3, 0.4) is 0 Å². The van der Waals surface area contributed by atoms with Crippen molar-refractivity contribution in [1.29, 1.82) is 0 Å². The van der Waals surface area contributed by atoms with Crippen molar-refractivity contribution >= 4 is 21.2 Å². The van der Waals surface area contributed by atoms with Crippen LogP contribution >= 0.6 is 0 Å². The van der Waals surface area contributed by atoms with Crippen LogP contribution in [0.25, 0.3) is 0 Å². The number of anilines is 2. The monoisotopic (exact) mass is 373 g/mol. The van der Waals surface area contributed by atoms with Crippen LogP contribution in [-0.2, 0) is 16.3 Å². The van der Waals surface area contributed by atoms with Crippen molar-refractivity contribution in [3.63, 3.8) is 0 Å². The van der Waals surface area contributed by atoms with Crippen LogP contribution in [0.5, 0.6) is 0 Å². The fraction of sp³-hybridized carbons (Fsp3) is 0.400. The van der Waals surface area contributed by atoms with Gasteiger partial charge in [-0.05, 0) is 49.2 Å². The molecule has 1 saturated heterocycles. The Labute approximate surface area is 156 Å². The molecule has 1 fully saturated rings. The van der Waals surface area contributed by atoms with Crippen molar-refractivity contribution in [2.75, 3.05) is 36.8 Å². The summed E-state index contributed by atoms with van der Waals surface area (Å²) in [5.41, 5.74) is 8.46. The van der Waals surface area contributed by atoms with Crippen LogP contribution in [0.2, 0.25) is 0 Å². The molecule has 26 heavy (non-hydrogen) atoms. The average molecular weight is 374 g/mol. The Kier molecular flexibility index (Phi) is 5.84. The molecule has 2 aromatic carbocycles. The first-order chi connectivity index (χ1) is 12.5. The summed E-state index contributed by atoms with van der Waals surface area (Å²) in [6, 6.07) is 12.4. The van der Waals surface area contributed by atoms with Crippen LogP contribution in [0, 0.1) is 0 Å². The molecule has 1 aliphatic heterocycles. The maximum Gasteiger partial charge on any atom is 0.208 e. The zero-order chi connectivity index (χ0) is 18.6. The molecule has 1 heterocycles. The summed E-state index contributed by atoms with van der Waals surface area (Å²) >= 11 is 0. The van der Waals surface area contributed by atoms with Gasteiger partial charge in [0.1, 0.15) is 0 Å². The van der Waals surface area contributed by atoms with Crippen molar-refractivity contribution in [1.82, 2.24) is 5.32 Å². The molecule has 0 bridgehead atoms. The second kappa shape index (κ2) is 8.10. The lowest BCUT2D eigenvalue weighted by molar-refractivity contribution is 0.595. The first kappa shape index (κ1) is 18.7. The number of benzene rings is 2. The van der Waals surface area contributed by atoms with E-state index in [1.165, 1.54) is 0 Å². The third-order valence-corrected chi connectivity index (χ3v) is 6.65. The molecule has 0 atom stereocenters. The minimum Gasteiger partial charge on any atom is -0.398 e. The van der Waals surface area contributed by atoms with E-state index >= 15 is 0 Å². The lowest BCUT2D eigenvalue weighted by atomic mass is 10.1. The predicted molar refractivity (Wildman–Crippen MR) is 106 cm³/mol. The van der Waals surface area contributed by atoms with E-state index in [0.29, 0.717) is 12.1 Å². The molecule has 0 unspecified atom stereocenters. The van der Waals surface area contributed by atoms with Crippen molar-refractivity contribution in [3.8, 4) is 0 Å². The van der Waals surface area contributed by atoms with Crippen LogP contribution in [-0.4, -0.2) is 34.6 Å². The molecule has 0 radical (unpaired) electrons. The summed E-state index contributed by atoms with van der Waals surface area (Å²) < 4.78 is 26.4. The zero-order valence-corrected chi connectivity index (χ0v) is 16.1. The van der Waals surface area contributed by atoms with Crippen LogP contribution < -0.4 is 16.0 Å². The lowest BCUT2D eigenvalue weighted by Crippen LogP contribution is -2.28. The molecule has 0 spiro atoms. The van der Waals surface area contributed by atoms with Gasteiger partial charge in [0, 0.05) is 25.3 Å². The van der Waals surface area contributed by atoms with Gasteiger partial charge in [-0.1, -0.05) is 31.5 Å². The fourth-order valence-electron chi connectivity index (χ4n) is 3.48. The summed E-state index contributed by atoms with van der Waals surface area (Å²) in [7, 11) is -3.63. The molecule has 6 heteroatoms. The standard InChI is InChI=1S/C20H27N3O2S/c1-2-7-16-14-17(23-12-6-10-22-11-13-23)15-19(21)20(16)26(24,25)18-8-4-3-5-9-18/h3-5,8-9,14-15,22H,2,6-7,10-13,21H2,1H3. The van der Waals surface area contributed by atoms with Crippen molar-refractivity contribution in [3.05, 3.63) is 48.0 Å². The van der Waals surface area contributed by atoms with Gasteiger partial charge in [0.25, 0.3) is 0 Å². The number of hydrogen-bond acceptors (Lipinski definition) is 5. The number of nitrogens with zero attached hydrogens (tertiary/aromatic N) is 1. The van der Waals surface area contributed by atoms with Gasteiger partial charge >= 0.3 is 0 Å². The molecule has 1 aliphatic rings. The SMILES string of the molecule is CCCc1cc(N2CCCNCC2)cc(N)c1S(=O)(=O)c1ccccc1. The van der Waals surface area contributed by atoms with Gasteiger partial charge in [0.15, 0.2) is 0 Å². The molecule has 0 saturated carbocycles. The summed E-state index contributed by atoms with van der Waals surface area (Å²) in [4.78, 5) is 2.84. The van der Waals surface area contributed by atoms with E-state index in [4.69, 9.17) is 5.73 Å². The molecule has 140 valence electrons. The largest absolute Gasteiger partial charge is 0.398 e. The number of nitrogen functional groups attached to an aromatic ring is 1. The van der Waals surface area contributed by atoms with E-state index in [9.17, 15) is 8.42 Å². The summed E-state index contributed by atoms with van der Waals surface area (Å²) in [5, 5.41) is 3.39. The van der Waals surface area contributed by atoms with E-state index < -0.39 is 9.84 Å². The van der Waals surface area contributed by atoms with Crippen LogP contribution in [0.1, 0.15) is 25.3 Å². The minimum atomic E-state index is -3.63. The van der Waals surface area contributed by atoms with E-state index in [1.807, 2.05) is 18.2 Å². The number of nitrogens with one attached hydrogen (secondary N) is 1. The quantitative estimate of drug-likeness (QED) is 0.788. The van der Waals surface area contributed by atoms with Gasteiger partial charge in [-0.15, -0.1) is 0 Å². The van der Waals surface area contributed by atoms with Gasteiger partial charge in [-0.3, -0.25) is 0 Å². The van der Waals surface area contributed by atoms with Gasteiger partial charge in [0.05, 0.1) is 15.5 Å². The molecule has 3 rings (SSSR count). The third kappa shape index (κ3) is 3.86. The smallest absolute Gasteiger partial charge is 0.208 e. The molecule has 0 amide bonds. The molecule has 5 nitrogen and oxygen atoms in total. The summed E-state index contributed by atoms with van der Waals surface area (Å²) in [6.07, 6.45) is 2.61. The molecular weight excluding hydrogens is 346 g/mol. The van der Waals surface area contributed by atoms with E-state index in [-0.39, 0.29) is 9.79 Å². The first-order valence-electron chi connectivity index (χ1n) is 9.22. The molecule has 2 aromatic rings. The summed E-state index contributed by atoms with van der Waals surface area (Å²) in [5.74, 6) is 0. The van der Waals surface area contributed by atoms with E-state index in [1.54, 1.807) is 24.3 Å². The Morgan fingerprint density at radius 2 is 1.88 bits per heavy atom. The maximum atomic E-state index is 13.2. The van der Waals surface area contributed by atoms with Gasteiger partial charge < -0.3 is 16.0 Å². The Hall–Kier alpha value is -2.05. The predicted octanol–water partition coefficient (Wildman–Crippen LogP) is 2.85. The average Bonchev–Trinajstić information content (AvgIpc) is 2.91. The second-order valence-electron chi connectivity index (χ2n) is 6.68. The molecule has 3 N–H and O–H groups in total. The first-order valence-corrected chi connectivity index (χ1v) is 10.7. The fourth-order valence-corrected chi connectivity index (χ4v) is 5.11. The lowest BCUT2D eigenvalue weighted by Gasteiger charge is -2.25. The summed E-state index contributed by atoms with van der Waals surface area (Å²) in [6.45, 7) is 5.83. The number of nitrogens with two attached hydrogens (primary N) is 1. The number of rotatable bonds is 5. The van der Waals surface area contributed by atoms with E-state index in [2.05, 4.69) is 17.1 Å². The van der Waals surface area contributed by atoms with Crippen molar-refractivity contribution in [2.45, 2.75) is 36.0 Å². The Morgan fingerprint density at radius 1 is 1.12 bits per heavy atom. The van der Waals surface area contributed by atoms with Crippen LogP contribution in [0.15, 0.2) is 52.3 Å².